The molecule has 1 rings (SSSR count). The summed E-state index contributed by atoms with van der Waals surface area (Å²) in [5, 5.41) is 13.6. The van der Waals surface area contributed by atoms with Crippen LogP contribution in [-0.2, 0) is 11.3 Å². The van der Waals surface area contributed by atoms with E-state index in [0.717, 1.165) is 6.92 Å². The second-order valence-corrected chi connectivity index (χ2v) is 6.27. The summed E-state index contributed by atoms with van der Waals surface area (Å²) in [7, 11) is 0. The van der Waals surface area contributed by atoms with Crippen LogP contribution in [0.4, 0.5) is 13.2 Å². The zero-order chi connectivity index (χ0) is 18.5. The Morgan fingerprint density at radius 2 is 1.79 bits per heavy atom. The normalized spacial score (nSPS) is 15.8. The third-order valence-electron chi connectivity index (χ3n) is 3.78. The van der Waals surface area contributed by atoms with Gasteiger partial charge in [0.15, 0.2) is 6.04 Å². The molecule has 1 N–H and O–H groups in total. The first kappa shape index (κ1) is 20.1. The molecule has 0 fully saturated rings. The fraction of sp³-hybridized carbons (Fsp3) is 0.562. The second-order valence-electron chi connectivity index (χ2n) is 6.27. The van der Waals surface area contributed by atoms with Gasteiger partial charge in [-0.15, -0.1) is 0 Å². The molecule has 2 atom stereocenters. The Labute approximate surface area is 138 Å². The van der Waals surface area contributed by atoms with Gasteiger partial charge in [-0.2, -0.15) is 13.2 Å². The number of benzene rings is 1. The van der Waals surface area contributed by atoms with Gasteiger partial charge in [-0.25, -0.2) is 0 Å². The topological polar surface area (TPSA) is 72.2 Å². The standard InChI is InChI=1S/C16H21F3N2O3/c1-11(2)9-13(22)15(3,21(23)24)14(16(17,18)19)20-10-12-7-5-4-6-8-12/h4-8,11,14,20H,9-10H2,1-3H3/t14-,15-/m1/s1. The van der Waals surface area contributed by atoms with E-state index in [1.807, 2.05) is 0 Å². The fourth-order valence-corrected chi connectivity index (χ4v) is 2.39. The molecule has 0 aliphatic heterocycles. The summed E-state index contributed by atoms with van der Waals surface area (Å²) in [6, 6.07) is 5.62. The number of halogens is 3. The van der Waals surface area contributed by atoms with Crippen LogP contribution in [0.15, 0.2) is 30.3 Å². The first-order valence-electron chi connectivity index (χ1n) is 7.51. The maximum absolute atomic E-state index is 13.5. The Hall–Kier alpha value is -1.96. The lowest BCUT2D eigenvalue weighted by atomic mass is 9.83. The first-order chi connectivity index (χ1) is 11.0. The Bertz CT molecular complexity index is 576. The number of rotatable bonds is 8. The second kappa shape index (κ2) is 7.74. The fourth-order valence-electron chi connectivity index (χ4n) is 2.39. The van der Waals surface area contributed by atoms with Crippen molar-refractivity contribution in [3.05, 3.63) is 46.0 Å². The quantitative estimate of drug-likeness (QED) is 0.579. The van der Waals surface area contributed by atoms with Crippen LogP contribution in [0.1, 0.15) is 32.8 Å². The smallest absolute Gasteiger partial charge is 0.296 e. The summed E-state index contributed by atoms with van der Waals surface area (Å²) in [5.74, 6) is -1.31. The molecule has 0 amide bonds. The Morgan fingerprint density at radius 3 is 2.21 bits per heavy atom. The van der Waals surface area contributed by atoms with Crippen LogP contribution in [0, 0.1) is 16.0 Å². The number of nitrogens with one attached hydrogen (secondary N) is 1. The molecule has 0 unspecified atom stereocenters. The minimum Gasteiger partial charge on any atom is -0.296 e. The number of carbonyl (C=O) groups excluding carboxylic acids is 1. The van der Waals surface area contributed by atoms with Crippen LogP contribution in [-0.4, -0.2) is 28.5 Å². The molecule has 1 aromatic rings. The van der Waals surface area contributed by atoms with E-state index in [9.17, 15) is 28.1 Å². The predicted molar refractivity (Wildman–Crippen MR) is 83.0 cm³/mol. The lowest BCUT2D eigenvalue weighted by Crippen LogP contribution is -2.64. The molecule has 0 aliphatic rings. The lowest BCUT2D eigenvalue weighted by Gasteiger charge is -2.31. The largest absolute Gasteiger partial charge is 0.411 e. The molecule has 0 heterocycles. The van der Waals surface area contributed by atoms with Gasteiger partial charge in [-0.3, -0.25) is 20.2 Å². The Balaban J connectivity index is 3.14. The average Bonchev–Trinajstić information content (AvgIpc) is 2.45. The highest BCUT2D eigenvalue weighted by Crippen LogP contribution is 2.32. The van der Waals surface area contributed by atoms with Crippen molar-refractivity contribution in [3.8, 4) is 0 Å². The van der Waals surface area contributed by atoms with E-state index in [1.165, 1.54) is 0 Å². The summed E-state index contributed by atoms with van der Waals surface area (Å²) >= 11 is 0. The first-order valence-corrected chi connectivity index (χ1v) is 7.51. The zero-order valence-electron chi connectivity index (χ0n) is 13.8. The molecule has 134 valence electrons. The van der Waals surface area contributed by atoms with Gasteiger partial charge in [0, 0.05) is 24.8 Å². The Kier molecular flexibility index (Phi) is 6.48. The van der Waals surface area contributed by atoms with Gasteiger partial charge in [0.05, 0.1) is 0 Å². The van der Waals surface area contributed by atoms with Crippen molar-refractivity contribution in [2.24, 2.45) is 5.92 Å². The van der Waals surface area contributed by atoms with Crippen molar-refractivity contribution >= 4 is 5.78 Å². The molecule has 5 nitrogen and oxygen atoms in total. The van der Waals surface area contributed by atoms with Crippen molar-refractivity contribution in [1.82, 2.24) is 5.32 Å². The van der Waals surface area contributed by atoms with E-state index in [1.54, 1.807) is 44.2 Å². The third kappa shape index (κ3) is 4.77. The van der Waals surface area contributed by atoms with Crippen molar-refractivity contribution < 1.29 is 22.9 Å². The number of nitrogens with zero attached hydrogens (tertiary/aromatic N) is 1. The van der Waals surface area contributed by atoms with Gasteiger partial charge in [-0.1, -0.05) is 44.2 Å². The number of ketones is 1. The van der Waals surface area contributed by atoms with Crippen LogP contribution < -0.4 is 5.32 Å². The summed E-state index contributed by atoms with van der Waals surface area (Å²) in [4.78, 5) is 22.5. The number of carbonyl (C=O) groups is 1. The van der Waals surface area contributed by atoms with E-state index in [4.69, 9.17) is 0 Å². The molecule has 0 saturated carbocycles. The highest BCUT2D eigenvalue weighted by atomic mass is 19.4. The van der Waals surface area contributed by atoms with Gasteiger partial charge < -0.3 is 0 Å². The number of hydrogen-bond acceptors (Lipinski definition) is 4. The van der Waals surface area contributed by atoms with Gasteiger partial charge in [0.1, 0.15) is 0 Å². The number of hydrogen-bond donors (Lipinski definition) is 1. The summed E-state index contributed by atoms with van der Waals surface area (Å²) in [5.41, 5.74) is -2.24. The summed E-state index contributed by atoms with van der Waals surface area (Å²) < 4.78 is 40.4. The molecule has 8 heteroatoms. The van der Waals surface area contributed by atoms with Gasteiger partial charge in [-0.05, 0) is 11.5 Å². The molecule has 0 aromatic heterocycles. The highest BCUT2D eigenvalue weighted by molar-refractivity contribution is 5.87. The molecule has 0 radical (unpaired) electrons. The predicted octanol–water partition coefficient (Wildman–Crippen LogP) is 3.36. The maximum Gasteiger partial charge on any atom is 0.411 e. The van der Waals surface area contributed by atoms with Crippen molar-refractivity contribution in [3.63, 3.8) is 0 Å². The Morgan fingerprint density at radius 1 is 1.25 bits per heavy atom. The molecule has 0 spiro atoms. The molecule has 1 aromatic carbocycles. The molecule has 24 heavy (non-hydrogen) atoms. The van der Waals surface area contributed by atoms with Gasteiger partial charge in [0.25, 0.3) is 5.54 Å². The van der Waals surface area contributed by atoms with Crippen LogP contribution in [0.25, 0.3) is 0 Å². The van der Waals surface area contributed by atoms with E-state index in [-0.39, 0.29) is 18.9 Å². The molecular formula is C16H21F3N2O3. The van der Waals surface area contributed by atoms with E-state index in [0.29, 0.717) is 5.56 Å². The van der Waals surface area contributed by atoms with Gasteiger partial charge in [0.2, 0.25) is 5.78 Å². The van der Waals surface area contributed by atoms with E-state index >= 15 is 0 Å². The molecule has 0 bridgehead atoms. The molecule has 0 saturated heterocycles. The van der Waals surface area contributed by atoms with E-state index in [2.05, 4.69) is 5.32 Å². The van der Waals surface area contributed by atoms with Crippen molar-refractivity contribution in [1.29, 1.82) is 0 Å². The highest BCUT2D eigenvalue weighted by Gasteiger charge is 2.63. The SMILES string of the molecule is CC(C)CC(=O)[C@](C)([C@@H](NCc1ccccc1)C(F)(F)F)[N+](=O)[O-]. The molecule has 0 aliphatic carbocycles. The van der Waals surface area contributed by atoms with Crippen LogP contribution in [0.3, 0.4) is 0 Å². The number of alkyl halides is 3. The van der Waals surface area contributed by atoms with Crippen LogP contribution in [0.5, 0.6) is 0 Å². The van der Waals surface area contributed by atoms with Crippen molar-refractivity contribution in [2.45, 2.75) is 51.5 Å². The molecular weight excluding hydrogens is 325 g/mol. The summed E-state index contributed by atoms with van der Waals surface area (Å²) in [6.07, 6.45) is -5.24. The monoisotopic (exact) mass is 346 g/mol. The van der Waals surface area contributed by atoms with E-state index < -0.39 is 28.5 Å². The lowest BCUT2D eigenvalue weighted by molar-refractivity contribution is -0.560. The van der Waals surface area contributed by atoms with Gasteiger partial charge >= 0.3 is 6.18 Å². The van der Waals surface area contributed by atoms with Crippen molar-refractivity contribution in [2.75, 3.05) is 0 Å². The zero-order valence-corrected chi connectivity index (χ0v) is 13.8. The minimum atomic E-state index is -4.94. The minimum absolute atomic E-state index is 0.233. The number of Topliss-reactive ketones (excluding diaryl/α,β-unsaturated/α-hetero) is 1. The average molecular weight is 346 g/mol. The third-order valence-corrected chi connectivity index (χ3v) is 3.78. The maximum atomic E-state index is 13.5. The van der Waals surface area contributed by atoms with Crippen LogP contribution in [0.2, 0.25) is 0 Å². The number of nitro groups is 1. The van der Waals surface area contributed by atoms with Crippen LogP contribution >= 0.6 is 0 Å². The summed E-state index contributed by atoms with van der Waals surface area (Å²) in [6.45, 7) is 3.76.